The molecule has 0 aliphatic carbocycles. The van der Waals surface area contributed by atoms with Crippen molar-refractivity contribution in [1.29, 1.82) is 0 Å². The summed E-state index contributed by atoms with van der Waals surface area (Å²) >= 11 is 5.80. The van der Waals surface area contributed by atoms with Crippen LogP contribution >= 0.6 is 11.6 Å². The van der Waals surface area contributed by atoms with Crippen molar-refractivity contribution in [2.75, 3.05) is 0 Å². The minimum absolute atomic E-state index is 0.564. The second-order valence-corrected chi connectivity index (χ2v) is 3.12. The fourth-order valence-electron chi connectivity index (χ4n) is 1.24. The van der Waals surface area contributed by atoms with Gasteiger partial charge in [0.05, 0.1) is 5.52 Å². The Hall–Kier alpha value is -1.77. The van der Waals surface area contributed by atoms with Crippen molar-refractivity contribution in [3.05, 3.63) is 45.9 Å². The van der Waals surface area contributed by atoms with Crippen LogP contribution in [-0.2, 0) is 0 Å². The number of pyridine rings is 1. The molecule has 1 aromatic carbocycles. The van der Waals surface area contributed by atoms with Gasteiger partial charge in [-0.3, -0.25) is 4.98 Å². The summed E-state index contributed by atoms with van der Waals surface area (Å²) in [6, 6.07) is 6.92. The second-order valence-electron chi connectivity index (χ2n) is 2.68. The number of aromatic nitrogens is 1. The quantitative estimate of drug-likeness (QED) is 0.396. The van der Waals surface area contributed by atoms with E-state index < -0.39 is 0 Å². The van der Waals surface area contributed by atoms with Gasteiger partial charge in [-0.1, -0.05) is 22.8 Å². The van der Waals surface area contributed by atoms with Gasteiger partial charge in [0, 0.05) is 27.2 Å². The minimum atomic E-state index is 0.564. The van der Waals surface area contributed by atoms with Crippen LogP contribution in [0.25, 0.3) is 21.3 Å². The Labute approximate surface area is 84.8 Å². The van der Waals surface area contributed by atoms with Crippen LogP contribution < -0.4 is 0 Å². The van der Waals surface area contributed by atoms with Crippen LogP contribution in [0.5, 0.6) is 0 Å². The Morgan fingerprint density at radius 1 is 1.36 bits per heavy atom. The first-order chi connectivity index (χ1) is 6.81. The van der Waals surface area contributed by atoms with Gasteiger partial charge in [-0.05, 0) is 23.7 Å². The summed E-state index contributed by atoms with van der Waals surface area (Å²) < 4.78 is 0. The fraction of sp³-hybridized carbons (Fsp3) is 0. The lowest BCUT2D eigenvalue weighted by Gasteiger charge is -1.99. The van der Waals surface area contributed by atoms with Crippen molar-refractivity contribution in [3.8, 4) is 0 Å². The Bertz CT molecular complexity index is 531. The highest BCUT2D eigenvalue weighted by molar-refractivity contribution is 6.31. The van der Waals surface area contributed by atoms with Crippen molar-refractivity contribution >= 4 is 28.2 Å². The maximum atomic E-state index is 8.35. The van der Waals surface area contributed by atoms with Gasteiger partial charge < -0.3 is 0 Å². The highest BCUT2D eigenvalue weighted by atomic mass is 35.5. The largest absolute Gasteiger partial charge is 0.256 e. The van der Waals surface area contributed by atoms with Gasteiger partial charge in [0.1, 0.15) is 0 Å². The highest BCUT2D eigenvalue weighted by Gasteiger charge is 1.99. The molecule has 0 fully saturated rings. The first-order valence-electron chi connectivity index (χ1n) is 3.90. The van der Waals surface area contributed by atoms with Crippen LogP contribution in [0, 0.1) is 0 Å². The molecule has 0 unspecified atom stereocenters. The Balaban J connectivity index is 2.81. The van der Waals surface area contributed by atoms with Crippen LogP contribution in [0.3, 0.4) is 0 Å². The fourth-order valence-corrected chi connectivity index (χ4v) is 1.41. The molecule has 68 valence electrons. The molecule has 0 aliphatic rings. The predicted molar refractivity (Wildman–Crippen MR) is 55.6 cm³/mol. The van der Waals surface area contributed by atoms with Gasteiger partial charge in [-0.2, -0.15) is 0 Å². The molecule has 0 radical (unpaired) electrons. The first kappa shape index (κ1) is 8.81. The van der Waals surface area contributed by atoms with E-state index in [1.165, 1.54) is 0 Å². The predicted octanol–water partition coefficient (Wildman–Crippen LogP) is 3.83. The van der Waals surface area contributed by atoms with Crippen LogP contribution in [0.4, 0.5) is 5.69 Å². The van der Waals surface area contributed by atoms with Crippen LogP contribution in [0.2, 0.25) is 5.02 Å². The average Bonchev–Trinajstić information content (AvgIpc) is 2.18. The Morgan fingerprint density at radius 2 is 2.21 bits per heavy atom. The monoisotopic (exact) mass is 204 g/mol. The van der Waals surface area contributed by atoms with E-state index in [9.17, 15) is 0 Å². The van der Waals surface area contributed by atoms with E-state index in [0.29, 0.717) is 10.7 Å². The molecule has 0 aliphatic heterocycles. The average molecular weight is 205 g/mol. The standard InChI is InChI=1S/C9H5ClN4/c10-6-1-2-7-8(13-14-11)3-4-12-9(7)5-6/h1-5H. The molecule has 2 aromatic rings. The van der Waals surface area contributed by atoms with Crippen LogP contribution in [-0.4, -0.2) is 4.98 Å². The lowest BCUT2D eigenvalue weighted by Crippen LogP contribution is -1.77. The van der Waals surface area contributed by atoms with E-state index in [-0.39, 0.29) is 0 Å². The van der Waals surface area contributed by atoms with Gasteiger partial charge in [0.25, 0.3) is 0 Å². The maximum Gasteiger partial charge on any atom is 0.0721 e. The third-order valence-electron chi connectivity index (χ3n) is 1.83. The number of hydrogen-bond donors (Lipinski definition) is 0. The Morgan fingerprint density at radius 3 is 3.00 bits per heavy atom. The molecule has 0 saturated carbocycles. The van der Waals surface area contributed by atoms with E-state index in [2.05, 4.69) is 15.0 Å². The van der Waals surface area contributed by atoms with Crippen molar-refractivity contribution in [2.24, 2.45) is 5.11 Å². The van der Waals surface area contributed by atoms with Crippen molar-refractivity contribution in [2.45, 2.75) is 0 Å². The summed E-state index contributed by atoms with van der Waals surface area (Å²) in [5, 5.41) is 4.98. The first-order valence-corrected chi connectivity index (χ1v) is 4.28. The summed E-state index contributed by atoms with van der Waals surface area (Å²) in [5.74, 6) is 0. The summed E-state index contributed by atoms with van der Waals surface area (Å²) in [5.41, 5.74) is 9.63. The zero-order valence-electron chi connectivity index (χ0n) is 7.05. The molecule has 0 saturated heterocycles. The molecule has 0 bridgehead atoms. The van der Waals surface area contributed by atoms with Gasteiger partial charge in [-0.25, -0.2) is 0 Å². The molecule has 2 rings (SSSR count). The molecule has 1 heterocycles. The lowest BCUT2D eigenvalue weighted by atomic mass is 10.2. The van der Waals surface area contributed by atoms with Crippen LogP contribution in [0.1, 0.15) is 0 Å². The molecule has 4 nitrogen and oxygen atoms in total. The molecule has 0 amide bonds. The molecular formula is C9H5ClN4. The normalized spacial score (nSPS) is 9.79. The number of azide groups is 1. The van der Waals surface area contributed by atoms with E-state index >= 15 is 0 Å². The minimum Gasteiger partial charge on any atom is -0.256 e. The molecule has 0 spiro atoms. The summed E-state index contributed by atoms with van der Waals surface area (Å²) in [6.07, 6.45) is 1.59. The van der Waals surface area contributed by atoms with E-state index in [1.807, 2.05) is 0 Å². The van der Waals surface area contributed by atoms with Gasteiger partial charge in [0.15, 0.2) is 0 Å². The highest BCUT2D eigenvalue weighted by Crippen LogP contribution is 2.26. The summed E-state index contributed by atoms with van der Waals surface area (Å²) in [4.78, 5) is 6.86. The van der Waals surface area contributed by atoms with Gasteiger partial charge >= 0.3 is 0 Å². The zero-order valence-corrected chi connectivity index (χ0v) is 7.81. The topological polar surface area (TPSA) is 61.7 Å². The molecule has 14 heavy (non-hydrogen) atoms. The third kappa shape index (κ3) is 1.48. The number of halogens is 1. The summed E-state index contributed by atoms with van der Waals surface area (Å²) in [7, 11) is 0. The van der Waals surface area contributed by atoms with Crippen LogP contribution in [0.15, 0.2) is 35.6 Å². The molecule has 1 aromatic heterocycles. The summed E-state index contributed by atoms with van der Waals surface area (Å²) in [6.45, 7) is 0. The second kappa shape index (κ2) is 3.54. The van der Waals surface area contributed by atoms with Gasteiger partial charge in [-0.15, -0.1) is 0 Å². The van der Waals surface area contributed by atoms with E-state index in [0.717, 1.165) is 10.9 Å². The number of rotatable bonds is 1. The molecule has 0 atom stereocenters. The number of nitrogens with zero attached hydrogens (tertiary/aromatic N) is 4. The van der Waals surface area contributed by atoms with Crippen molar-refractivity contribution in [3.63, 3.8) is 0 Å². The maximum absolute atomic E-state index is 8.35. The van der Waals surface area contributed by atoms with Crippen molar-refractivity contribution in [1.82, 2.24) is 4.98 Å². The molecule has 5 heteroatoms. The molecule has 0 N–H and O–H groups in total. The Kier molecular flexibility index (Phi) is 2.23. The SMILES string of the molecule is [N-]=[N+]=Nc1ccnc2cc(Cl)ccc12. The van der Waals surface area contributed by atoms with Gasteiger partial charge in [0.2, 0.25) is 0 Å². The van der Waals surface area contributed by atoms with E-state index in [1.54, 1.807) is 30.5 Å². The van der Waals surface area contributed by atoms with Crippen molar-refractivity contribution < 1.29 is 0 Å². The zero-order chi connectivity index (χ0) is 9.97. The number of hydrogen-bond acceptors (Lipinski definition) is 2. The van der Waals surface area contributed by atoms with E-state index in [4.69, 9.17) is 17.1 Å². The number of fused-ring (bicyclic) bond motifs is 1. The lowest BCUT2D eigenvalue weighted by molar-refractivity contribution is 1.38. The number of benzene rings is 1. The molecular weight excluding hydrogens is 200 g/mol. The smallest absolute Gasteiger partial charge is 0.0721 e. The third-order valence-corrected chi connectivity index (χ3v) is 2.07.